The molecule has 1 aromatic carbocycles. The lowest BCUT2D eigenvalue weighted by molar-refractivity contribution is 0.102. The third-order valence-corrected chi connectivity index (χ3v) is 3.27. The van der Waals surface area contributed by atoms with E-state index in [1.807, 2.05) is 26.0 Å². The third-order valence-electron chi connectivity index (χ3n) is 3.27. The molecule has 2 aromatic heterocycles. The summed E-state index contributed by atoms with van der Waals surface area (Å²) >= 11 is 0. The maximum absolute atomic E-state index is 12.1. The van der Waals surface area contributed by atoms with E-state index < -0.39 is 0 Å². The molecule has 0 unspecified atom stereocenters. The summed E-state index contributed by atoms with van der Waals surface area (Å²) in [5.74, 6) is 1.16. The zero-order valence-corrected chi connectivity index (χ0v) is 12.9. The molecule has 0 bridgehead atoms. The fraction of sp³-hybridized carbons (Fsp3) is 0.176. The van der Waals surface area contributed by atoms with Gasteiger partial charge in [-0.1, -0.05) is 19.0 Å². The summed E-state index contributed by atoms with van der Waals surface area (Å²) in [5, 5.41) is 6.75. The minimum absolute atomic E-state index is 0.203. The molecule has 0 fully saturated rings. The number of hydrogen-bond donors (Lipinski definition) is 1. The smallest absolute Gasteiger partial charge is 0.257 e. The van der Waals surface area contributed by atoms with Crippen molar-refractivity contribution in [3.05, 3.63) is 60.2 Å². The average Bonchev–Trinajstić information content (AvgIpc) is 3.07. The van der Waals surface area contributed by atoms with Gasteiger partial charge in [-0.25, -0.2) is 0 Å². The molecule has 2 heterocycles. The first-order chi connectivity index (χ1) is 11.1. The van der Waals surface area contributed by atoms with Crippen molar-refractivity contribution in [1.29, 1.82) is 0 Å². The van der Waals surface area contributed by atoms with E-state index in [4.69, 9.17) is 4.52 Å². The zero-order chi connectivity index (χ0) is 16.2. The highest BCUT2D eigenvalue weighted by Gasteiger charge is 2.12. The number of aromatic nitrogens is 3. The first-order valence-electron chi connectivity index (χ1n) is 7.29. The van der Waals surface area contributed by atoms with Crippen LogP contribution in [0.2, 0.25) is 0 Å². The van der Waals surface area contributed by atoms with Gasteiger partial charge < -0.3 is 9.84 Å². The van der Waals surface area contributed by atoms with Gasteiger partial charge in [0.15, 0.2) is 5.82 Å². The highest BCUT2D eigenvalue weighted by atomic mass is 16.5. The van der Waals surface area contributed by atoms with Gasteiger partial charge in [-0.15, -0.1) is 0 Å². The number of nitrogens with zero attached hydrogens (tertiary/aromatic N) is 3. The molecule has 0 aliphatic rings. The van der Waals surface area contributed by atoms with Gasteiger partial charge in [0.2, 0.25) is 0 Å². The second-order valence-electron chi connectivity index (χ2n) is 5.39. The van der Waals surface area contributed by atoms with Gasteiger partial charge in [-0.05, 0) is 36.4 Å². The average molecular weight is 308 g/mol. The summed E-state index contributed by atoms with van der Waals surface area (Å²) in [6, 6.07) is 10.7. The summed E-state index contributed by atoms with van der Waals surface area (Å²) in [6.45, 7) is 4.01. The van der Waals surface area contributed by atoms with Crippen molar-refractivity contribution in [1.82, 2.24) is 15.1 Å². The predicted molar refractivity (Wildman–Crippen MR) is 86.0 cm³/mol. The number of benzene rings is 1. The SMILES string of the molecule is CC(C)c1noc(-c2ccc(NC(=O)c3cccnc3)cc2)n1. The summed E-state index contributed by atoms with van der Waals surface area (Å²) in [4.78, 5) is 20.3. The molecule has 3 aromatic rings. The lowest BCUT2D eigenvalue weighted by Gasteiger charge is -2.05. The van der Waals surface area contributed by atoms with E-state index in [0.717, 1.165) is 5.56 Å². The van der Waals surface area contributed by atoms with E-state index in [1.54, 1.807) is 30.5 Å². The number of rotatable bonds is 4. The minimum atomic E-state index is -0.203. The van der Waals surface area contributed by atoms with E-state index in [-0.39, 0.29) is 11.8 Å². The second-order valence-corrected chi connectivity index (χ2v) is 5.39. The van der Waals surface area contributed by atoms with E-state index >= 15 is 0 Å². The van der Waals surface area contributed by atoms with Gasteiger partial charge in [0.1, 0.15) is 0 Å². The molecule has 1 N–H and O–H groups in total. The standard InChI is InChI=1S/C17H16N4O2/c1-11(2)15-20-17(23-21-15)12-5-7-14(8-6-12)19-16(22)13-4-3-9-18-10-13/h3-11H,1-2H3,(H,19,22). The Morgan fingerprint density at radius 2 is 1.96 bits per heavy atom. The molecular formula is C17H16N4O2. The summed E-state index contributed by atoms with van der Waals surface area (Å²) in [7, 11) is 0. The van der Waals surface area contributed by atoms with Crippen LogP contribution in [0.25, 0.3) is 11.5 Å². The van der Waals surface area contributed by atoms with Crippen LogP contribution in [0.4, 0.5) is 5.69 Å². The Labute approximate surface area is 133 Å². The Bertz CT molecular complexity index is 795. The zero-order valence-electron chi connectivity index (χ0n) is 12.9. The second kappa shape index (κ2) is 6.39. The number of hydrogen-bond acceptors (Lipinski definition) is 5. The molecule has 0 spiro atoms. The molecule has 0 saturated carbocycles. The maximum atomic E-state index is 12.1. The number of anilines is 1. The van der Waals surface area contributed by atoms with E-state index in [9.17, 15) is 4.79 Å². The summed E-state index contributed by atoms with van der Waals surface area (Å²) in [5.41, 5.74) is 2.00. The maximum Gasteiger partial charge on any atom is 0.257 e. The quantitative estimate of drug-likeness (QED) is 0.797. The van der Waals surface area contributed by atoms with Gasteiger partial charge in [-0.3, -0.25) is 9.78 Å². The van der Waals surface area contributed by atoms with Crippen LogP contribution in [0.1, 0.15) is 35.9 Å². The van der Waals surface area contributed by atoms with Crippen LogP contribution < -0.4 is 5.32 Å². The van der Waals surface area contributed by atoms with E-state index in [2.05, 4.69) is 20.4 Å². The molecule has 0 radical (unpaired) electrons. The topological polar surface area (TPSA) is 80.9 Å². The first kappa shape index (κ1) is 14.9. The van der Waals surface area contributed by atoms with Gasteiger partial charge in [0.25, 0.3) is 11.8 Å². The highest BCUT2D eigenvalue weighted by molar-refractivity contribution is 6.04. The Kier molecular flexibility index (Phi) is 4.14. The van der Waals surface area contributed by atoms with Crippen LogP contribution in [0.15, 0.2) is 53.3 Å². The van der Waals surface area contributed by atoms with E-state index in [0.29, 0.717) is 23.0 Å². The van der Waals surface area contributed by atoms with Crippen LogP contribution in [0, 0.1) is 0 Å². The Morgan fingerprint density at radius 3 is 2.57 bits per heavy atom. The molecule has 0 atom stereocenters. The van der Waals surface area contributed by atoms with Gasteiger partial charge in [0.05, 0.1) is 5.56 Å². The minimum Gasteiger partial charge on any atom is -0.334 e. The van der Waals surface area contributed by atoms with Crippen molar-refractivity contribution in [3.63, 3.8) is 0 Å². The predicted octanol–water partition coefficient (Wildman–Crippen LogP) is 3.51. The number of nitrogens with one attached hydrogen (secondary N) is 1. The molecule has 0 aliphatic carbocycles. The van der Waals surface area contributed by atoms with Crippen LogP contribution >= 0.6 is 0 Å². The molecule has 6 heteroatoms. The van der Waals surface area contributed by atoms with Crippen molar-refractivity contribution in [2.45, 2.75) is 19.8 Å². The van der Waals surface area contributed by atoms with Gasteiger partial charge in [-0.2, -0.15) is 4.98 Å². The van der Waals surface area contributed by atoms with Crippen LogP contribution in [-0.4, -0.2) is 21.0 Å². The summed E-state index contributed by atoms with van der Waals surface area (Å²) in [6.07, 6.45) is 3.15. The fourth-order valence-corrected chi connectivity index (χ4v) is 1.98. The van der Waals surface area contributed by atoms with Crippen LogP contribution in [-0.2, 0) is 0 Å². The fourth-order valence-electron chi connectivity index (χ4n) is 1.98. The number of amides is 1. The lowest BCUT2D eigenvalue weighted by Crippen LogP contribution is -2.11. The molecule has 1 amide bonds. The van der Waals surface area contributed by atoms with Crippen molar-refractivity contribution >= 4 is 11.6 Å². The lowest BCUT2D eigenvalue weighted by atomic mass is 10.2. The van der Waals surface area contributed by atoms with Crippen LogP contribution in [0.5, 0.6) is 0 Å². The van der Waals surface area contributed by atoms with Gasteiger partial charge >= 0.3 is 0 Å². The Balaban J connectivity index is 1.73. The molecule has 0 saturated heterocycles. The monoisotopic (exact) mass is 308 g/mol. The third kappa shape index (κ3) is 3.42. The number of carbonyl (C=O) groups is 1. The van der Waals surface area contributed by atoms with Crippen LogP contribution in [0.3, 0.4) is 0 Å². The van der Waals surface area contributed by atoms with Crippen molar-refractivity contribution in [3.8, 4) is 11.5 Å². The molecule has 6 nitrogen and oxygen atoms in total. The van der Waals surface area contributed by atoms with Crippen molar-refractivity contribution in [2.24, 2.45) is 0 Å². The Morgan fingerprint density at radius 1 is 1.17 bits per heavy atom. The largest absolute Gasteiger partial charge is 0.334 e. The molecule has 116 valence electrons. The molecular weight excluding hydrogens is 292 g/mol. The molecule has 23 heavy (non-hydrogen) atoms. The van der Waals surface area contributed by atoms with Gasteiger partial charge in [0, 0.05) is 29.6 Å². The van der Waals surface area contributed by atoms with Crippen molar-refractivity contribution < 1.29 is 9.32 Å². The highest BCUT2D eigenvalue weighted by Crippen LogP contribution is 2.22. The normalized spacial score (nSPS) is 10.7. The summed E-state index contributed by atoms with van der Waals surface area (Å²) < 4.78 is 5.25. The molecule has 0 aliphatic heterocycles. The Hall–Kier alpha value is -3.02. The van der Waals surface area contributed by atoms with Crippen molar-refractivity contribution in [2.75, 3.05) is 5.32 Å². The first-order valence-corrected chi connectivity index (χ1v) is 7.29. The van der Waals surface area contributed by atoms with E-state index in [1.165, 1.54) is 6.20 Å². The number of pyridine rings is 1. The molecule has 3 rings (SSSR count). The number of carbonyl (C=O) groups excluding carboxylic acids is 1.